The van der Waals surface area contributed by atoms with Crippen LogP contribution in [0, 0.1) is 5.82 Å². The van der Waals surface area contributed by atoms with E-state index in [-0.39, 0.29) is 34.8 Å². The molecule has 0 amide bonds. The minimum atomic E-state index is -1.26. The summed E-state index contributed by atoms with van der Waals surface area (Å²) in [5.41, 5.74) is -1.15. The number of aliphatic carboxylic acids is 1. The molecule has 1 fully saturated rings. The number of carboxylic acid groups (broad SMARTS) is 1. The summed E-state index contributed by atoms with van der Waals surface area (Å²) in [5.74, 6) is -1.37. The van der Waals surface area contributed by atoms with Crippen molar-refractivity contribution in [2.75, 3.05) is 18.0 Å². The van der Waals surface area contributed by atoms with E-state index in [1.54, 1.807) is 17.6 Å². The fraction of sp³-hybridized carbons (Fsp3) is 0.455. The summed E-state index contributed by atoms with van der Waals surface area (Å²) in [6.45, 7) is 4.30. The Morgan fingerprint density at radius 1 is 1.21 bits per heavy atom. The predicted octanol–water partition coefficient (Wildman–Crippen LogP) is 2.86. The van der Waals surface area contributed by atoms with Gasteiger partial charge < -0.3 is 10.0 Å². The van der Waals surface area contributed by atoms with Gasteiger partial charge in [0.05, 0.1) is 6.54 Å². The zero-order valence-corrected chi connectivity index (χ0v) is 19.2. The van der Waals surface area contributed by atoms with Crippen LogP contribution in [0.3, 0.4) is 0 Å². The number of fused-ring (bicyclic) bond motifs is 1. The summed E-state index contributed by atoms with van der Waals surface area (Å²) in [6, 6.07) is 3.09. The first-order chi connectivity index (χ1) is 15.8. The molecule has 3 aromatic rings. The van der Waals surface area contributed by atoms with Crippen molar-refractivity contribution in [3.05, 3.63) is 55.4 Å². The highest BCUT2D eigenvalue weighted by atomic mass is 35.5. The van der Waals surface area contributed by atoms with Crippen molar-refractivity contribution in [1.29, 1.82) is 0 Å². The third-order valence-electron chi connectivity index (χ3n) is 6.12. The van der Waals surface area contributed by atoms with E-state index in [2.05, 4.69) is 4.98 Å². The maximum absolute atomic E-state index is 14.7. The molecule has 4 rings (SSSR count). The van der Waals surface area contributed by atoms with Gasteiger partial charge in [-0.25, -0.2) is 14.0 Å². The zero-order valence-electron chi connectivity index (χ0n) is 18.4. The molecule has 1 atom stereocenters. The summed E-state index contributed by atoms with van der Waals surface area (Å²) >= 11 is 6.28. The van der Waals surface area contributed by atoms with Crippen molar-refractivity contribution in [2.45, 2.75) is 52.2 Å². The molecule has 1 saturated heterocycles. The van der Waals surface area contributed by atoms with E-state index in [0.717, 1.165) is 28.4 Å². The van der Waals surface area contributed by atoms with Gasteiger partial charge >= 0.3 is 11.7 Å². The average molecular weight is 478 g/mol. The van der Waals surface area contributed by atoms with Gasteiger partial charge in [-0.2, -0.15) is 4.98 Å². The van der Waals surface area contributed by atoms with E-state index in [0.29, 0.717) is 19.0 Å². The molecule has 1 unspecified atom stereocenters. The smallest absolute Gasteiger partial charge is 0.333 e. The second-order valence-corrected chi connectivity index (χ2v) is 8.54. The lowest BCUT2D eigenvalue weighted by Gasteiger charge is -2.28. The largest absolute Gasteiger partial charge is 0.480 e. The monoisotopic (exact) mass is 477 g/mol. The topological polar surface area (TPSA) is 102 Å². The van der Waals surface area contributed by atoms with Gasteiger partial charge in [-0.15, -0.1) is 0 Å². The second kappa shape index (κ2) is 9.01. The van der Waals surface area contributed by atoms with Gasteiger partial charge in [-0.05, 0) is 45.2 Å². The van der Waals surface area contributed by atoms with Gasteiger partial charge in [0.25, 0.3) is 5.56 Å². The van der Waals surface area contributed by atoms with Crippen LogP contribution >= 0.6 is 11.6 Å². The third kappa shape index (κ3) is 3.92. The van der Waals surface area contributed by atoms with E-state index < -0.39 is 29.1 Å². The highest BCUT2D eigenvalue weighted by Gasteiger charge is 2.29. The fourth-order valence-electron chi connectivity index (χ4n) is 4.31. The van der Waals surface area contributed by atoms with Gasteiger partial charge in [-0.1, -0.05) is 17.7 Å². The Morgan fingerprint density at radius 2 is 1.91 bits per heavy atom. The molecule has 0 aliphatic carbocycles. The third-order valence-corrected chi connectivity index (χ3v) is 6.47. The summed E-state index contributed by atoms with van der Waals surface area (Å²) in [7, 11) is 0. The number of carbonyl (C=O) groups is 1. The van der Waals surface area contributed by atoms with Crippen LogP contribution in [-0.2, 0) is 17.9 Å². The highest BCUT2D eigenvalue weighted by molar-refractivity contribution is 6.31. The van der Waals surface area contributed by atoms with E-state index >= 15 is 0 Å². The molecule has 3 heterocycles. The Bertz CT molecular complexity index is 1320. The number of hydrogen-bond donors (Lipinski definition) is 1. The van der Waals surface area contributed by atoms with Crippen molar-refractivity contribution in [2.24, 2.45) is 0 Å². The maximum Gasteiger partial charge on any atom is 0.333 e. The van der Waals surface area contributed by atoms with Crippen LogP contribution in [0.25, 0.3) is 11.2 Å². The van der Waals surface area contributed by atoms with Crippen LogP contribution in [0.1, 0.15) is 44.7 Å². The van der Waals surface area contributed by atoms with E-state index in [9.17, 15) is 23.9 Å². The van der Waals surface area contributed by atoms with Gasteiger partial charge in [0, 0.05) is 30.2 Å². The van der Waals surface area contributed by atoms with Crippen molar-refractivity contribution >= 4 is 34.7 Å². The van der Waals surface area contributed by atoms with Gasteiger partial charge in [-0.3, -0.25) is 18.5 Å². The summed E-state index contributed by atoms with van der Waals surface area (Å²) in [4.78, 5) is 44.8. The average Bonchev–Trinajstić information content (AvgIpc) is 3.16. The van der Waals surface area contributed by atoms with Crippen molar-refractivity contribution in [3.63, 3.8) is 0 Å². The molecule has 0 saturated carbocycles. The molecule has 1 aromatic carbocycles. The molecule has 1 aliphatic rings. The first-order valence-corrected chi connectivity index (χ1v) is 11.3. The molecule has 176 valence electrons. The second-order valence-electron chi connectivity index (χ2n) is 8.13. The minimum absolute atomic E-state index is 0.0300. The Labute approximate surface area is 193 Å². The van der Waals surface area contributed by atoms with Crippen LogP contribution in [0.15, 0.2) is 27.8 Å². The molecular weight excluding hydrogens is 453 g/mol. The zero-order chi connectivity index (χ0) is 23.9. The number of rotatable bonds is 6. The Kier molecular flexibility index (Phi) is 6.29. The first-order valence-electron chi connectivity index (χ1n) is 10.9. The normalized spacial score (nSPS) is 15.2. The Balaban J connectivity index is 2.09. The maximum atomic E-state index is 14.7. The predicted molar refractivity (Wildman–Crippen MR) is 123 cm³/mol. The van der Waals surface area contributed by atoms with Crippen molar-refractivity contribution in [3.8, 4) is 0 Å². The number of carboxylic acids is 1. The molecule has 1 N–H and O–H groups in total. The van der Waals surface area contributed by atoms with Crippen LogP contribution in [0.2, 0.25) is 5.02 Å². The molecule has 2 aromatic heterocycles. The molecule has 0 spiro atoms. The molecule has 11 heteroatoms. The lowest BCUT2D eigenvalue weighted by atomic mass is 10.1. The number of anilines is 1. The van der Waals surface area contributed by atoms with Crippen LogP contribution in [-0.4, -0.2) is 42.9 Å². The van der Waals surface area contributed by atoms with Gasteiger partial charge in [0.2, 0.25) is 5.95 Å². The van der Waals surface area contributed by atoms with Crippen LogP contribution < -0.4 is 16.1 Å². The lowest BCUT2D eigenvalue weighted by Crippen LogP contribution is -2.42. The van der Waals surface area contributed by atoms with Crippen LogP contribution in [0.5, 0.6) is 0 Å². The Hall–Kier alpha value is -3.14. The molecule has 0 radical (unpaired) electrons. The van der Waals surface area contributed by atoms with Gasteiger partial charge in [0.1, 0.15) is 11.9 Å². The molecule has 9 nitrogen and oxygen atoms in total. The number of nitrogens with zero attached hydrogens (tertiary/aromatic N) is 5. The number of hydrogen-bond acceptors (Lipinski definition) is 5. The number of imidazole rings is 1. The van der Waals surface area contributed by atoms with E-state index in [1.165, 1.54) is 19.1 Å². The molecule has 1 aliphatic heterocycles. The van der Waals surface area contributed by atoms with Crippen molar-refractivity contribution in [1.82, 2.24) is 18.7 Å². The van der Waals surface area contributed by atoms with Crippen molar-refractivity contribution < 1.29 is 14.3 Å². The SMILES string of the molecule is CCn1c(=O)c2c(nc(N3CCCCC3)n2Cc2c(F)cccc2Cl)n(C(C)C(=O)O)c1=O. The summed E-state index contributed by atoms with van der Waals surface area (Å²) in [5, 5.41) is 9.82. The number of aromatic nitrogens is 4. The Morgan fingerprint density at radius 3 is 2.52 bits per heavy atom. The molecule has 0 bridgehead atoms. The van der Waals surface area contributed by atoms with Crippen LogP contribution in [0.4, 0.5) is 10.3 Å². The van der Waals surface area contributed by atoms with E-state index in [4.69, 9.17) is 11.6 Å². The van der Waals surface area contributed by atoms with Gasteiger partial charge in [0.15, 0.2) is 11.2 Å². The number of halogens is 2. The standard InChI is InChI=1S/C22H25ClFN5O4/c1-3-27-19(30)17-18(29(22(27)33)13(2)20(31)32)25-21(26-10-5-4-6-11-26)28(17)12-14-15(23)8-7-9-16(14)24/h7-9,13H,3-6,10-12H2,1-2H3,(H,31,32). The summed E-state index contributed by atoms with van der Waals surface area (Å²) in [6.07, 6.45) is 2.89. The molecular formula is C22H25ClFN5O4. The van der Waals surface area contributed by atoms with E-state index in [1.807, 2.05) is 4.90 Å². The molecule has 33 heavy (non-hydrogen) atoms. The first kappa shape index (κ1) is 23.0. The quantitative estimate of drug-likeness (QED) is 0.585. The number of benzene rings is 1. The highest BCUT2D eigenvalue weighted by Crippen LogP contribution is 2.28. The summed E-state index contributed by atoms with van der Waals surface area (Å²) < 4.78 is 18.2. The number of piperidine rings is 1. The minimum Gasteiger partial charge on any atom is -0.480 e. The lowest BCUT2D eigenvalue weighted by molar-refractivity contribution is -0.140. The fourth-order valence-corrected chi connectivity index (χ4v) is 4.53.